The second kappa shape index (κ2) is 8.01. The predicted octanol–water partition coefficient (Wildman–Crippen LogP) is 1.69. The summed E-state index contributed by atoms with van der Waals surface area (Å²) in [5.74, 6) is -4.82. The number of nitrogens with zero attached hydrogens (tertiary/aromatic N) is 2. The summed E-state index contributed by atoms with van der Waals surface area (Å²) in [7, 11) is -2.70. The Balaban J connectivity index is 1.94. The second-order valence-corrected chi connectivity index (χ2v) is 8.46. The van der Waals surface area contributed by atoms with Crippen LogP contribution in [0.2, 0.25) is 0 Å². The van der Waals surface area contributed by atoms with Crippen LogP contribution >= 0.6 is 0 Å². The van der Waals surface area contributed by atoms with Gasteiger partial charge in [0, 0.05) is 19.6 Å². The largest absolute Gasteiger partial charge is 0.451 e. The lowest BCUT2D eigenvalue weighted by atomic mass is 10.2. The van der Waals surface area contributed by atoms with Crippen molar-refractivity contribution in [2.45, 2.75) is 10.9 Å². The third kappa shape index (κ3) is 4.36. The highest BCUT2D eigenvalue weighted by atomic mass is 32.2. The molecule has 0 aromatic heterocycles. The van der Waals surface area contributed by atoms with E-state index in [1.54, 1.807) is 11.9 Å². The van der Waals surface area contributed by atoms with Crippen molar-refractivity contribution in [3.05, 3.63) is 53.8 Å². The molecular weight excluding hydrogens is 411 g/mol. The first kappa shape index (κ1) is 21.1. The molecule has 2 aromatic carbocycles. The van der Waals surface area contributed by atoms with Gasteiger partial charge in [-0.1, -0.05) is 0 Å². The SMILES string of the molecule is CN1CCN(S(=O)(=O)c2cc(F)c(Oc3ccc(F)cc3)c(F)c2)[C@@H](C(N)=O)C1. The van der Waals surface area contributed by atoms with E-state index >= 15 is 0 Å². The summed E-state index contributed by atoms with van der Waals surface area (Å²) in [4.78, 5) is 12.8. The maximum absolute atomic E-state index is 14.5. The molecule has 2 aromatic rings. The second-order valence-electron chi connectivity index (χ2n) is 6.57. The summed E-state index contributed by atoms with van der Waals surface area (Å²) in [5, 5.41) is 0. The Labute approximate surface area is 165 Å². The lowest BCUT2D eigenvalue weighted by Gasteiger charge is -2.37. The zero-order chi connectivity index (χ0) is 21.3. The predicted molar refractivity (Wildman–Crippen MR) is 97.2 cm³/mol. The number of carbonyl (C=O) groups is 1. The van der Waals surface area contributed by atoms with Gasteiger partial charge in [0.25, 0.3) is 0 Å². The van der Waals surface area contributed by atoms with Crippen LogP contribution in [0, 0.1) is 17.5 Å². The number of sulfonamides is 1. The Kier molecular flexibility index (Phi) is 5.82. The maximum atomic E-state index is 14.5. The number of rotatable bonds is 5. The number of carbonyl (C=O) groups excluding carboxylic acids is 1. The quantitative estimate of drug-likeness (QED) is 0.781. The number of halogens is 3. The monoisotopic (exact) mass is 429 g/mol. The number of hydrogen-bond acceptors (Lipinski definition) is 5. The van der Waals surface area contributed by atoms with Gasteiger partial charge < -0.3 is 15.4 Å². The van der Waals surface area contributed by atoms with E-state index in [0.29, 0.717) is 18.7 Å². The summed E-state index contributed by atoms with van der Waals surface area (Å²) in [6, 6.07) is 4.46. The smallest absolute Gasteiger partial charge is 0.244 e. The first-order valence-electron chi connectivity index (χ1n) is 8.52. The number of ether oxygens (including phenoxy) is 1. The van der Waals surface area contributed by atoms with Gasteiger partial charge in [0.2, 0.25) is 15.9 Å². The standard InChI is InChI=1S/C18H18F3N3O4S/c1-23-6-7-24(16(10-23)18(22)25)29(26,27)13-8-14(20)17(15(21)9-13)28-12-4-2-11(19)3-5-12/h2-5,8-9,16H,6-7,10H2,1H3,(H2,22,25)/t16-/m1/s1. The van der Waals surface area contributed by atoms with Crippen LogP contribution < -0.4 is 10.5 Å². The number of amides is 1. The van der Waals surface area contributed by atoms with Crippen molar-refractivity contribution in [1.29, 1.82) is 0 Å². The van der Waals surface area contributed by atoms with E-state index in [4.69, 9.17) is 10.5 Å². The molecule has 1 fully saturated rings. The van der Waals surface area contributed by atoms with Crippen molar-refractivity contribution in [1.82, 2.24) is 9.21 Å². The summed E-state index contributed by atoms with van der Waals surface area (Å²) in [5.41, 5.74) is 5.31. The summed E-state index contributed by atoms with van der Waals surface area (Å²) < 4.78 is 73.6. The average molecular weight is 429 g/mol. The van der Waals surface area contributed by atoms with Crippen LogP contribution in [-0.4, -0.2) is 56.3 Å². The van der Waals surface area contributed by atoms with Crippen LogP contribution in [-0.2, 0) is 14.8 Å². The number of primary amides is 1. The van der Waals surface area contributed by atoms with Gasteiger partial charge in [-0.2, -0.15) is 4.31 Å². The number of piperazine rings is 1. The van der Waals surface area contributed by atoms with Crippen molar-refractivity contribution in [2.75, 3.05) is 26.7 Å². The van der Waals surface area contributed by atoms with Gasteiger partial charge in [-0.05, 0) is 43.4 Å². The highest BCUT2D eigenvalue weighted by molar-refractivity contribution is 7.89. The number of hydrogen-bond donors (Lipinski definition) is 1. The average Bonchev–Trinajstić information content (AvgIpc) is 2.65. The molecule has 0 bridgehead atoms. The van der Waals surface area contributed by atoms with E-state index < -0.39 is 50.1 Å². The van der Waals surface area contributed by atoms with E-state index in [2.05, 4.69) is 0 Å². The van der Waals surface area contributed by atoms with Gasteiger partial charge in [0.1, 0.15) is 17.6 Å². The van der Waals surface area contributed by atoms with E-state index in [1.165, 1.54) is 12.1 Å². The lowest BCUT2D eigenvalue weighted by molar-refractivity contribution is -0.123. The molecule has 29 heavy (non-hydrogen) atoms. The van der Waals surface area contributed by atoms with E-state index in [9.17, 15) is 26.4 Å². The third-order valence-electron chi connectivity index (χ3n) is 4.47. The zero-order valence-electron chi connectivity index (χ0n) is 15.3. The summed E-state index contributed by atoms with van der Waals surface area (Å²) in [6.45, 7) is 0.314. The Hall–Kier alpha value is -2.63. The fourth-order valence-corrected chi connectivity index (χ4v) is 4.56. The van der Waals surface area contributed by atoms with E-state index in [1.807, 2.05) is 0 Å². The molecule has 11 heteroatoms. The molecule has 0 aliphatic carbocycles. The Bertz CT molecular complexity index is 1010. The van der Waals surface area contributed by atoms with Crippen LogP contribution in [0.1, 0.15) is 0 Å². The van der Waals surface area contributed by atoms with Gasteiger partial charge in [-0.25, -0.2) is 21.6 Å². The first-order valence-corrected chi connectivity index (χ1v) is 9.96. The molecule has 2 N–H and O–H groups in total. The van der Waals surface area contributed by atoms with E-state index in [-0.39, 0.29) is 18.8 Å². The Morgan fingerprint density at radius 2 is 1.69 bits per heavy atom. The molecule has 0 saturated carbocycles. The molecule has 0 radical (unpaired) electrons. The van der Waals surface area contributed by atoms with Gasteiger partial charge >= 0.3 is 0 Å². The van der Waals surface area contributed by atoms with Crippen molar-refractivity contribution in [3.8, 4) is 11.5 Å². The molecule has 7 nitrogen and oxygen atoms in total. The van der Waals surface area contributed by atoms with Crippen molar-refractivity contribution >= 4 is 15.9 Å². The number of likely N-dealkylation sites (N-methyl/N-ethyl adjacent to an activating group) is 1. The van der Waals surface area contributed by atoms with Gasteiger partial charge in [-0.3, -0.25) is 4.79 Å². The fraction of sp³-hybridized carbons (Fsp3) is 0.278. The molecule has 0 spiro atoms. The van der Waals surface area contributed by atoms with Crippen molar-refractivity contribution in [2.24, 2.45) is 5.73 Å². The minimum absolute atomic E-state index is 0.0346. The molecule has 1 aliphatic heterocycles. The van der Waals surface area contributed by atoms with Gasteiger partial charge in [0.15, 0.2) is 17.4 Å². The Morgan fingerprint density at radius 3 is 2.24 bits per heavy atom. The summed E-state index contributed by atoms with van der Waals surface area (Å²) in [6.07, 6.45) is 0. The Morgan fingerprint density at radius 1 is 1.10 bits per heavy atom. The molecule has 3 rings (SSSR count). The molecule has 1 heterocycles. The van der Waals surface area contributed by atoms with Crippen LogP contribution in [0.3, 0.4) is 0 Å². The highest BCUT2D eigenvalue weighted by Crippen LogP contribution is 2.31. The minimum atomic E-state index is -4.40. The molecule has 1 aliphatic rings. The van der Waals surface area contributed by atoms with Crippen LogP contribution in [0.15, 0.2) is 41.3 Å². The first-order chi connectivity index (χ1) is 13.6. The van der Waals surface area contributed by atoms with Crippen LogP contribution in [0.5, 0.6) is 11.5 Å². The lowest BCUT2D eigenvalue weighted by Crippen LogP contribution is -2.58. The molecule has 1 saturated heterocycles. The minimum Gasteiger partial charge on any atom is -0.451 e. The summed E-state index contributed by atoms with van der Waals surface area (Å²) >= 11 is 0. The zero-order valence-corrected chi connectivity index (χ0v) is 16.1. The molecule has 156 valence electrons. The molecule has 0 unspecified atom stereocenters. The van der Waals surface area contributed by atoms with Gasteiger partial charge in [-0.15, -0.1) is 0 Å². The van der Waals surface area contributed by atoms with Crippen molar-refractivity contribution in [3.63, 3.8) is 0 Å². The third-order valence-corrected chi connectivity index (χ3v) is 6.36. The molecular formula is C18H18F3N3O4S. The van der Waals surface area contributed by atoms with Crippen molar-refractivity contribution < 1.29 is 31.1 Å². The fourth-order valence-electron chi connectivity index (χ4n) is 2.96. The van der Waals surface area contributed by atoms with Gasteiger partial charge in [0.05, 0.1) is 4.90 Å². The normalized spacial score (nSPS) is 18.6. The van der Waals surface area contributed by atoms with Crippen LogP contribution in [0.25, 0.3) is 0 Å². The molecule has 1 atom stereocenters. The topological polar surface area (TPSA) is 92.9 Å². The highest BCUT2D eigenvalue weighted by Gasteiger charge is 2.39. The van der Waals surface area contributed by atoms with E-state index in [0.717, 1.165) is 16.4 Å². The van der Waals surface area contributed by atoms with Crippen LogP contribution in [0.4, 0.5) is 13.2 Å². The molecule has 1 amide bonds. The number of benzene rings is 2. The number of nitrogens with two attached hydrogens (primary N) is 1. The maximum Gasteiger partial charge on any atom is 0.244 e.